The fourth-order valence-corrected chi connectivity index (χ4v) is 3.76. The predicted octanol–water partition coefficient (Wildman–Crippen LogP) is 1.17. The average molecular weight is 315 g/mol. The van der Waals surface area contributed by atoms with Crippen molar-refractivity contribution in [2.24, 2.45) is 5.92 Å². The van der Waals surface area contributed by atoms with Gasteiger partial charge in [-0.05, 0) is 32.6 Å². The Balaban J connectivity index is 2.15. The minimum atomic E-state index is -3.57. The summed E-state index contributed by atoms with van der Waals surface area (Å²) in [6, 6.07) is -0.113. The van der Waals surface area contributed by atoms with Crippen LogP contribution in [0, 0.1) is 5.92 Å². The highest BCUT2D eigenvalue weighted by molar-refractivity contribution is 7.89. The van der Waals surface area contributed by atoms with E-state index in [4.69, 9.17) is 5.11 Å². The van der Waals surface area contributed by atoms with E-state index in [1.165, 1.54) is 21.4 Å². The van der Waals surface area contributed by atoms with E-state index in [1.54, 1.807) is 0 Å². The van der Waals surface area contributed by atoms with Gasteiger partial charge < -0.3 is 5.11 Å². The molecule has 8 heteroatoms. The van der Waals surface area contributed by atoms with Gasteiger partial charge >= 0.3 is 5.97 Å². The van der Waals surface area contributed by atoms with Crippen LogP contribution in [0.2, 0.25) is 0 Å². The molecule has 0 spiro atoms. The van der Waals surface area contributed by atoms with Crippen LogP contribution in [0.3, 0.4) is 0 Å². The standard InChI is InChI=1S/C13H21N3O4S/c1-10(2)16(8-11-3-4-11)21(19,20)12-7-14-15(9-12)6-5-13(17)18/h7,9-11H,3-6,8H2,1-2H3,(H,17,18). The molecular weight excluding hydrogens is 294 g/mol. The van der Waals surface area contributed by atoms with Gasteiger partial charge in [-0.25, -0.2) is 8.42 Å². The lowest BCUT2D eigenvalue weighted by Crippen LogP contribution is -2.38. The van der Waals surface area contributed by atoms with E-state index in [0.717, 1.165) is 12.8 Å². The minimum Gasteiger partial charge on any atom is -0.481 e. The van der Waals surface area contributed by atoms with Crippen molar-refractivity contribution in [1.29, 1.82) is 0 Å². The molecule has 1 N–H and O–H groups in total. The zero-order valence-electron chi connectivity index (χ0n) is 12.3. The second kappa shape index (κ2) is 6.15. The maximum absolute atomic E-state index is 12.6. The molecule has 0 radical (unpaired) electrons. The zero-order valence-corrected chi connectivity index (χ0v) is 13.1. The summed E-state index contributed by atoms with van der Waals surface area (Å²) in [7, 11) is -3.57. The average Bonchev–Trinajstić information content (AvgIpc) is 3.08. The Morgan fingerprint density at radius 2 is 2.19 bits per heavy atom. The molecule has 1 aromatic rings. The lowest BCUT2D eigenvalue weighted by atomic mass is 10.3. The second-order valence-corrected chi connectivity index (χ2v) is 7.59. The molecule has 0 saturated heterocycles. The number of carbonyl (C=O) groups is 1. The number of sulfonamides is 1. The summed E-state index contributed by atoms with van der Waals surface area (Å²) >= 11 is 0. The van der Waals surface area contributed by atoms with Crippen molar-refractivity contribution in [2.45, 2.75) is 50.6 Å². The molecule has 0 aliphatic heterocycles. The van der Waals surface area contributed by atoms with E-state index >= 15 is 0 Å². The van der Waals surface area contributed by atoms with Crippen molar-refractivity contribution in [2.75, 3.05) is 6.54 Å². The summed E-state index contributed by atoms with van der Waals surface area (Å²) in [6.45, 7) is 4.42. The maximum Gasteiger partial charge on any atom is 0.305 e. The number of aryl methyl sites for hydroxylation is 1. The number of carboxylic acids is 1. The molecule has 118 valence electrons. The molecule has 1 aromatic heterocycles. The highest BCUT2D eigenvalue weighted by Crippen LogP contribution is 2.32. The van der Waals surface area contributed by atoms with Gasteiger partial charge in [0.25, 0.3) is 0 Å². The molecule has 21 heavy (non-hydrogen) atoms. The first-order valence-corrected chi connectivity index (χ1v) is 8.51. The molecule has 1 heterocycles. The van der Waals surface area contributed by atoms with Crippen molar-refractivity contribution in [3.63, 3.8) is 0 Å². The first-order valence-electron chi connectivity index (χ1n) is 7.07. The third kappa shape index (κ3) is 4.04. The van der Waals surface area contributed by atoms with Crippen LogP contribution < -0.4 is 0 Å². The van der Waals surface area contributed by atoms with E-state index in [1.807, 2.05) is 13.8 Å². The van der Waals surface area contributed by atoms with Crippen LogP contribution in [-0.2, 0) is 21.4 Å². The third-order valence-electron chi connectivity index (χ3n) is 3.48. The molecule has 0 bridgehead atoms. The summed E-state index contributed by atoms with van der Waals surface area (Å²) in [6.07, 6.45) is 4.77. The summed E-state index contributed by atoms with van der Waals surface area (Å²) in [5.74, 6) is -0.475. The van der Waals surface area contributed by atoms with Crippen LogP contribution in [0.5, 0.6) is 0 Å². The molecule has 0 aromatic carbocycles. The number of aliphatic carboxylic acids is 1. The molecule has 0 amide bonds. The molecule has 1 aliphatic rings. The third-order valence-corrected chi connectivity index (χ3v) is 5.48. The van der Waals surface area contributed by atoms with Gasteiger partial charge in [0.05, 0.1) is 19.2 Å². The molecule has 7 nitrogen and oxygen atoms in total. The number of carboxylic acid groups (broad SMARTS) is 1. The number of nitrogens with zero attached hydrogens (tertiary/aromatic N) is 3. The van der Waals surface area contributed by atoms with Crippen LogP contribution in [0.4, 0.5) is 0 Å². The summed E-state index contributed by atoms with van der Waals surface area (Å²) < 4.78 is 28.2. The Morgan fingerprint density at radius 1 is 1.52 bits per heavy atom. The Bertz CT molecular complexity index is 605. The number of aromatic nitrogens is 2. The quantitative estimate of drug-likeness (QED) is 0.777. The van der Waals surface area contributed by atoms with Crippen molar-refractivity contribution >= 4 is 16.0 Å². The first kappa shape index (κ1) is 16.0. The van der Waals surface area contributed by atoms with Crippen LogP contribution in [0.25, 0.3) is 0 Å². The number of rotatable bonds is 8. The smallest absolute Gasteiger partial charge is 0.305 e. The zero-order chi connectivity index (χ0) is 15.6. The van der Waals surface area contributed by atoms with Gasteiger partial charge in [0.15, 0.2) is 0 Å². The van der Waals surface area contributed by atoms with E-state index < -0.39 is 16.0 Å². The SMILES string of the molecule is CC(C)N(CC1CC1)S(=O)(=O)c1cnn(CCC(=O)O)c1. The highest BCUT2D eigenvalue weighted by Gasteiger charge is 2.34. The van der Waals surface area contributed by atoms with E-state index in [9.17, 15) is 13.2 Å². The van der Waals surface area contributed by atoms with E-state index in [0.29, 0.717) is 12.5 Å². The number of hydrogen-bond acceptors (Lipinski definition) is 4. The van der Waals surface area contributed by atoms with Crippen LogP contribution in [0.1, 0.15) is 33.1 Å². The largest absolute Gasteiger partial charge is 0.481 e. The number of hydrogen-bond donors (Lipinski definition) is 1. The molecule has 1 aliphatic carbocycles. The van der Waals surface area contributed by atoms with Gasteiger partial charge in [0.2, 0.25) is 10.0 Å². The Kier molecular flexibility index (Phi) is 4.67. The van der Waals surface area contributed by atoms with Gasteiger partial charge in [-0.1, -0.05) is 0 Å². The normalized spacial score (nSPS) is 15.8. The molecule has 1 fully saturated rings. The van der Waals surface area contributed by atoms with Crippen molar-refractivity contribution < 1.29 is 18.3 Å². The minimum absolute atomic E-state index is 0.0862. The van der Waals surface area contributed by atoms with Crippen molar-refractivity contribution in [3.05, 3.63) is 12.4 Å². The van der Waals surface area contributed by atoms with E-state index in [2.05, 4.69) is 5.10 Å². The molecule has 2 rings (SSSR count). The second-order valence-electron chi connectivity index (χ2n) is 5.69. The molecule has 0 unspecified atom stereocenters. The Hall–Kier alpha value is -1.41. The summed E-state index contributed by atoms with van der Waals surface area (Å²) in [5, 5.41) is 12.6. The lowest BCUT2D eigenvalue weighted by molar-refractivity contribution is -0.137. The summed E-state index contributed by atoms with van der Waals surface area (Å²) in [5.41, 5.74) is 0. The van der Waals surface area contributed by atoms with Crippen molar-refractivity contribution in [3.8, 4) is 0 Å². The molecular formula is C13H21N3O4S. The van der Waals surface area contributed by atoms with Crippen molar-refractivity contribution in [1.82, 2.24) is 14.1 Å². The monoisotopic (exact) mass is 315 g/mol. The fraction of sp³-hybridized carbons (Fsp3) is 0.692. The first-order chi connectivity index (χ1) is 9.80. The van der Waals surface area contributed by atoms with Gasteiger partial charge in [0, 0.05) is 18.8 Å². The fourth-order valence-electron chi connectivity index (χ4n) is 2.09. The van der Waals surface area contributed by atoms with Crippen LogP contribution >= 0.6 is 0 Å². The molecule has 0 atom stereocenters. The van der Waals surface area contributed by atoms with Gasteiger partial charge in [-0.2, -0.15) is 9.40 Å². The molecule has 1 saturated carbocycles. The van der Waals surface area contributed by atoms with Gasteiger partial charge in [-0.15, -0.1) is 0 Å². The Morgan fingerprint density at radius 3 is 2.71 bits per heavy atom. The maximum atomic E-state index is 12.6. The van der Waals surface area contributed by atoms with Gasteiger partial charge in [-0.3, -0.25) is 9.48 Å². The van der Waals surface area contributed by atoms with E-state index in [-0.39, 0.29) is 23.9 Å². The topological polar surface area (TPSA) is 92.5 Å². The predicted molar refractivity (Wildman–Crippen MR) is 76.2 cm³/mol. The van der Waals surface area contributed by atoms with Crippen LogP contribution in [0.15, 0.2) is 17.3 Å². The highest BCUT2D eigenvalue weighted by atomic mass is 32.2. The Labute approximate surface area is 124 Å². The lowest BCUT2D eigenvalue weighted by Gasteiger charge is -2.25. The summed E-state index contributed by atoms with van der Waals surface area (Å²) in [4.78, 5) is 10.7. The van der Waals surface area contributed by atoms with Gasteiger partial charge in [0.1, 0.15) is 4.90 Å². The van der Waals surface area contributed by atoms with Crippen LogP contribution in [-0.4, -0.2) is 46.2 Å².